The number of hydrogen-bond acceptors (Lipinski definition) is 8. The lowest BCUT2D eigenvalue weighted by Crippen LogP contribution is -2.49. The molecule has 1 saturated heterocycles. The summed E-state index contributed by atoms with van der Waals surface area (Å²) < 4.78 is 1.64. The minimum absolute atomic E-state index is 0.000450. The third-order valence-electron chi connectivity index (χ3n) is 6.32. The summed E-state index contributed by atoms with van der Waals surface area (Å²) in [6.07, 6.45) is 0.610. The molecule has 1 N–H and O–H groups in total. The third kappa shape index (κ3) is 3.98. The molecule has 34 heavy (non-hydrogen) atoms. The van der Waals surface area contributed by atoms with Crippen LogP contribution >= 0.6 is 12.2 Å². The van der Waals surface area contributed by atoms with Crippen LogP contribution in [-0.2, 0) is 4.79 Å². The van der Waals surface area contributed by atoms with Crippen molar-refractivity contribution in [3.05, 3.63) is 63.4 Å². The second kappa shape index (κ2) is 8.82. The predicted octanol–water partition coefficient (Wildman–Crippen LogP) is 3.24. The molecular weight excluding hydrogens is 456 g/mol. The van der Waals surface area contributed by atoms with E-state index in [1.54, 1.807) is 17.0 Å². The maximum Gasteiger partial charge on any atom is 0.269 e. The predicted molar refractivity (Wildman–Crippen MR) is 130 cm³/mol. The van der Waals surface area contributed by atoms with Gasteiger partial charge in [-0.1, -0.05) is 12.1 Å². The van der Waals surface area contributed by atoms with E-state index in [0.717, 1.165) is 16.6 Å². The highest BCUT2D eigenvalue weighted by Crippen LogP contribution is 2.29. The molecule has 11 heteroatoms. The molecule has 0 spiro atoms. The molecule has 1 amide bonds. The van der Waals surface area contributed by atoms with Crippen molar-refractivity contribution in [2.75, 3.05) is 36.4 Å². The van der Waals surface area contributed by atoms with Crippen LogP contribution in [0.5, 0.6) is 0 Å². The van der Waals surface area contributed by atoms with Crippen LogP contribution in [0.2, 0.25) is 0 Å². The number of hydrogen-bond donors (Lipinski definition) is 1. The normalized spacial score (nSPS) is 17.5. The van der Waals surface area contributed by atoms with Gasteiger partial charge in [-0.05, 0) is 42.9 Å². The average Bonchev–Trinajstić information content (AvgIpc) is 3.19. The SMILES string of the molecule is O=C(CCC1Nc2c3ccccc3nc(=S)n2C1=O)N1CCN(c2ccc([N+](=O)[O-])cc2)CC1. The highest BCUT2D eigenvalue weighted by Gasteiger charge is 2.32. The average molecular weight is 479 g/mol. The standard InChI is InChI=1S/C23H22N6O4S/c30-20(27-13-11-26(12-14-27)15-5-7-16(8-6-15)29(32)33)10-9-19-22(31)28-21(24-19)17-3-1-2-4-18(17)25-23(28)34/h1-8,19,24H,9-14H2. The van der Waals surface area contributed by atoms with Gasteiger partial charge in [-0.15, -0.1) is 0 Å². The molecule has 2 aromatic carbocycles. The van der Waals surface area contributed by atoms with Crippen molar-refractivity contribution in [3.8, 4) is 0 Å². The molecule has 5 rings (SSSR count). The molecule has 174 valence electrons. The van der Waals surface area contributed by atoms with Crippen molar-refractivity contribution in [1.29, 1.82) is 0 Å². The van der Waals surface area contributed by atoms with Crippen LogP contribution in [0.15, 0.2) is 48.5 Å². The Hall–Kier alpha value is -3.86. The van der Waals surface area contributed by atoms with Crippen molar-refractivity contribution in [3.63, 3.8) is 0 Å². The number of nitrogens with zero attached hydrogens (tertiary/aromatic N) is 5. The third-order valence-corrected chi connectivity index (χ3v) is 6.60. The van der Waals surface area contributed by atoms with Gasteiger partial charge in [0.2, 0.25) is 10.7 Å². The molecule has 0 aliphatic carbocycles. The molecule has 0 bridgehead atoms. The second-order valence-electron chi connectivity index (χ2n) is 8.31. The maximum absolute atomic E-state index is 12.9. The Labute approximate surface area is 199 Å². The number of non-ortho nitro benzene ring substituents is 1. The van der Waals surface area contributed by atoms with Crippen LogP contribution in [0.3, 0.4) is 0 Å². The summed E-state index contributed by atoms with van der Waals surface area (Å²) >= 11 is 5.32. The number of para-hydroxylation sites is 1. The van der Waals surface area contributed by atoms with E-state index >= 15 is 0 Å². The second-order valence-corrected chi connectivity index (χ2v) is 8.68. The molecule has 3 heterocycles. The zero-order valence-electron chi connectivity index (χ0n) is 18.2. The van der Waals surface area contributed by atoms with Crippen molar-refractivity contribution < 1.29 is 14.5 Å². The van der Waals surface area contributed by atoms with Crippen molar-refractivity contribution in [2.45, 2.75) is 18.9 Å². The smallest absolute Gasteiger partial charge is 0.269 e. The van der Waals surface area contributed by atoms with Crippen LogP contribution < -0.4 is 10.2 Å². The van der Waals surface area contributed by atoms with Gasteiger partial charge in [0.15, 0.2) is 0 Å². The molecule has 1 aromatic heterocycles. The zero-order chi connectivity index (χ0) is 23.8. The van der Waals surface area contributed by atoms with E-state index in [2.05, 4.69) is 15.2 Å². The number of aromatic nitrogens is 2. The number of amides is 1. The van der Waals surface area contributed by atoms with E-state index in [-0.39, 0.29) is 28.7 Å². The Bertz CT molecular complexity index is 1350. The summed E-state index contributed by atoms with van der Waals surface area (Å²) in [6, 6.07) is 13.4. The largest absolute Gasteiger partial charge is 0.368 e. The van der Waals surface area contributed by atoms with Gasteiger partial charge in [0, 0.05) is 55.8 Å². The van der Waals surface area contributed by atoms with Crippen LogP contribution in [0, 0.1) is 14.9 Å². The minimum Gasteiger partial charge on any atom is -0.368 e. The summed E-state index contributed by atoms with van der Waals surface area (Å²) in [5.74, 6) is 0.448. The fraction of sp³-hybridized carbons (Fsp3) is 0.304. The van der Waals surface area contributed by atoms with Gasteiger partial charge < -0.3 is 15.1 Å². The lowest BCUT2D eigenvalue weighted by atomic mass is 10.1. The lowest BCUT2D eigenvalue weighted by molar-refractivity contribution is -0.384. The number of anilines is 2. The van der Waals surface area contributed by atoms with Gasteiger partial charge in [-0.25, -0.2) is 9.55 Å². The molecule has 1 fully saturated rings. The summed E-state index contributed by atoms with van der Waals surface area (Å²) in [5, 5.41) is 14.9. The number of piperazine rings is 1. The molecular formula is C23H22N6O4S. The number of nitro benzene ring substituents is 1. The highest BCUT2D eigenvalue weighted by molar-refractivity contribution is 7.71. The van der Waals surface area contributed by atoms with Crippen LogP contribution in [0.25, 0.3) is 10.9 Å². The minimum atomic E-state index is -0.528. The van der Waals surface area contributed by atoms with E-state index in [0.29, 0.717) is 38.4 Å². The van der Waals surface area contributed by atoms with E-state index in [1.807, 2.05) is 24.3 Å². The van der Waals surface area contributed by atoms with Gasteiger partial charge in [0.05, 0.1) is 10.4 Å². The first-order valence-corrected chi connectivity index (χ1v) is 11.4. The number of nitrogens with one attached hydrogen (secondary N) is 1. The summed E-state index contributed by atoms with van der Waals surface area (Å²) in [6.45, 7) is 2.40. The Kier molecular flexibility index (Phi) is 5.70. The summed E-state index contributed by atoms with van der Waals surface area (Å²) in [4.78, 5) is 44.4. The number of rotatable bonds is 5. The van der Waals surface area contributed by atoms with Crippen LogP contribution in [0.1, 0.15) is 17.6 Å². The fourth-order valence-corrected chi connectivity index (χ4v) is 4.77. The Morgan fingerprint density at radius 2 is 1.82 bits per heavy atom. The van der Waals surface area contributed by atoms with E-state index in [4.69, 9.17) is 12.2 Å². The summed E-state index contributed by atoms with van der Waals surface area (Å²) in [5.41, 5.74) is 1.68. The van der Waals surface area contributed by atoms with E-state index in [1.165, 1.54) is 16.7 Å². The molecule has 2 aliphatic rings. The van der Waals surface area contributed by atoms with E-state index < -0.39 is 11.0 Å². The summed E-state index contributed by atoms with van der Waals surface area (Å²) in [7, 11) is 0. The molecule has 1 atom stereocenters. The number of nitro groups is 1. The molecule has 1 unspecified atom stereocenters. The van der Waals surface area contributed by atoms with Crippen LogP contribution in [-0.4, -0.2) is 63.4 Å². The molecule has 10 nitrogen and oxygen atoms in total. The Morgan fingerprint density at radius 3 is 2.53 bits per heavy atom. The molecule has 0 saturated carbocycles. The maximum atomic E-state index is 12.9. The monoisotopic (exact) mass is 478 g/mol. The quantitative estimate of drug-likeness (QED) is 0.338. The number of carbonyl (C=O) groups excluding carboxylic acids is 2. The van der Waals surface area contributed by atoms with Gasteiger partial charge in [0.25, 0.3) is 11.6 Å². The first-order chi connectivity index (χ1) is 16.4. The van der Waals surface area contributed by atoms with Gasteiger partial charge in [-0.3, -0.25) is 19.7 Å². The first-order valence-electron chi connectivity index (χ1n) is 11.0. The molecule has 2 aliphatic heterocycles. The van der Waals surface area contributed by atoms with Crippen molar-refractivity contribution in [1.82, 2.24) is 14.5 Å². The van der Waals surface area contributed by atoms with Crippen molar-refractivity contribution in [2.24, 2.45) is 0 Å². The number of carbonyl (C=O) groups is 2. The first kappa shape index (κ1) is 22.0. The van der Waals surface area contributed by atoms with Crippen molar-refractivity contribution >= 4 is 52.1 Å². The fourth-order valence-electron chi connectivity index (χ4n) is 4.49. The zero-order valence-corrected chi connectivity index (χ0v) is 19.0. The Morgan fingerprint density at radius 1 is 1.12 bits per heavy atom. The Balaban J connectivity index is 1.18. The number of benzene rings is 2. The molecule has 0 radical (unpaired) electrons. The highest BCUT2D eigenvalue weighted by atomic mass is 32.1. The van der Waals surface area contributed by atoms with E-state index in [9.17, 15) is 19.7 Å². The number of fused-ring (bicyclic) bond motifs is 3. The molecule has 3 aromatic rings. The van der Waals surface area contributed by atoms with Gasteiger partial charge >= 0.3 is 0 Å². The topological polar surface area (TPSA) is 114 Å². The van der Waals surface area contributed by atoms with Gasteiger partial charge in [0.1, 0.15) is 11.9 Å². The lowest BCUT2D eigenvalue weighted by Gasteiger charge is -2.36. The van der Waals surface area contributed by atoms with Gasteiger partial charge in [-0.2, -0.15) is 0 Å². The van der Waals surface area contributed by atoms with Crippen LogP contribution in [0.4, 0.5) is 17.2 Å².